The number of aromatic nitrogens is 4. The summed E-state index contributed by atoms with van der Waals surface area (Å²) in [4.78, 5) is 38.0. The Hall–Kier alpha value is -4.25. The fourth-order valence-corrected chi connectivity index (χ4v) is 6.24. The van der Waals surface area contributed by atoms with Crippen molar-refractivity contribution in [1.82, 2.24) is 24.8 Å². The summed E-state index contributed by atoms with van der Waals surface area (Å²) in [6.07, 6.45) is 7.39. The van der Waals surface area contributed by atoms with Gasteiger partial charge in [-0.25, -0.2) is 9.97 Å². The lowest BCUT2D eigenvalue weighted by Gasteiger charge is -2.31. The van der Waals surface area contributed by atoms with E-state index in [9.17, 15) is 4.79 Å². The second-order valence-corrected chi connectivity index (χ2v) is 12.6. The largest absolute Gasteiger partial charge is 0.494 e. The van der Waals surface area contributed by atoms with Crippen LogP contribution in [0.5, 0.6) is 5.75 Å². The number of hydrogen-bond acceptors (Lipinski definition) is 10. The molecule has 11 heteroatoms. The summed E-state index contributed by atoms with van der Waals surface area (Å²) in [7, 11) is 5.80. The third-order valence-corrected chi connectivity index (χ3v) is 8.45. The molecule has 11 nitrogen and oxygen atoms in total. The molecule has 0 radical (unpaired) electrons. The summed E-state index contributed by atoms with van der Waals surface area (Å²) >= 11 is 0. The molecule has 2 N–H and O–H groups in total. The van der Waals surface area contributed by atoms with Crippen LogP contribution in [0.15, 0.2) is 43.2 Å². The van der Waals surface area contributed by atoms with Crippen LogP contribution >= 0.6 is 0 Å². The first-order chi connectivity index (χ1) is 20.7. The Labute approximate surface area is 253 Å². The number of carbonyl (C=O) groups is 1. The van der Waals surface area contributed by atoms with Crippen LogP contribution in [0.2, 0.25) is 0 Å². The maximum atomic E-state index is 12.5. The number of anilines is 6. The summed E-state index contributed by atoms with van der Waals surface area (Å²) in [5, 5.41) is 6.33. The van der Waals surface area contributed by atoms with Gasteiger partial charge in [0, 0.05) is 48.8 Å². The first kappa shape index (κ1) is 28.9. The average Bonchev–Trinajstić information content (AvgIpc) is 3.68. The van der Waals surface area contributed by atoms with E-state index >= 15 is 0 Å². The normalized spacial score (nSPS) is 19.0. The molecule has 1 atom stereocenters. The van der Waals surface area contributed by atoms with Gasteiger partial charge in [0.1, 0.15) is 12.1 Å². The first-order valence-electron chi connectivity index (χ1n) is 15.0. The predicted molar refractivity (Wildman–Crippen MR) is 170 cm³/mol. The summed E-state index contributed by atoms with van der Waals surface area (Å²) < 4.78 is 5.84. The van der Waals surface area contributed by atoms with Crippen LogP contribution in [0.3, 0.4) is 0 Å². The van der Waals surface area contributed by atoms with Crippen molar-refractivity contribution in [1.29, 1.82) is 0 Å². The van der Waals surface area contributed by atoms with Crippen molar-refractivity contribution >= 4 is 40.6 Å². The molecule has 2 fully saturated rings. The number of nitrogens with zero attached hydrogens (tertiary/aromatic N) is 7. The zero-order chi connectivity index (χ0) is 30.3. The summed E-state index contributed by atoms with van der Waals surface area (Å²) in [5.41, 5.74) is 5.36. The molecule has 3 aromatic rings. The number of carbonyl (C=O) groups excluding carboxylic acids is 1. The van der Waals surface area contributed by atoms with Gasteiger partial charge in [0.15, 0.2) is 0 Å². The second kappa shape index (κ2) is 11.4. The Morgan fingerprint density at radius 2 is 1.95 bits per heavy atom. The van der Waals surface area contributed by atoms with Crippen molar-refractivity contribution in [3.63, 3.8) is 0 Å². The molecule has 1 saturated heterocycles. The van der Waals surface area contributed by atoms with Crippen LogP contribution in [-0.2, 0) is 10.2 Å². The predicted octanol–water partition coefficient (Wildman–Crippen LogP) is 4.98. The number of pyridine rings is 1. The molecule has 1 aliphatic carbocycles. The number of benzene rings is 1. The maximum Gasteiger partial charge on any atom is 0.247 e. The maximum absolute atomic E-state index is 12.5. The third kappa shape index (κ3) is 5.86. The van der Waals surface area contributed by atoms with Crippen LogP contribution < -0.4 is 25.2 Å². The Kier molecular flexibility index (Phi) is 7.68. The van der Waals surface area contributed by atoms with Gasteiger partial charge in [-0.3, -0.25) is 9.78 Å². The Morgan fingerprint density at radius 3 is 2.67 bits per heavy atom. The number of rotatable bonds is 10. The molecular weight excluding hydrogens is 542 g/mol. The molecule has 0 spiro atoms. The number of amides is 1. The average molecular weight is 584 g/mol. The number of likely N-dealkylation sites (N-methyl/N-ethyl adjacent to an activating group) is 1. The third-order valence-electron chi connectivity index (χ3n) is 8.45. The van der Waals surface area contributed by atoms with Gasteiger partial charge in [0.25, 0.3) is 0 Å². The highest BCUT2D eigenvalue weighted by molar-refractivity contribution is 6.02. The van der Waals surface area contributed by atoms with Crippen molar-refractivity contribution < 1.29 is 9.53 Å². The molecule has 2 aliphatic heterocycles. The SMILES string of the molecule is C=CC(=O)Nc1cc(Nc2ncnc(N3CC(C)(C)c4nc(C5CC5)ccc43)n2)c(OC)cc1N1CCC[C@@H]1CN(C)C. The number of hydrogen-bond donors (Lipinski definition) is 2. The Balaban J connectivity index is 1.32. The van der Waals surface area contributed by atoms with Gasteiger partial charge < -0.3 is 30.1 Å². The van der Waals surface area contributed by atoms with Crippen molar-refractivity contribution in [2.24, 2.45) is 0 Å². The van der Waals surface area contributed by atoms with Crippen molar-refractivity contribution in [2.45, 2.75) is 56.9 Å². The minimum atomic E-state index is -0.281. The molecule has 1 amide bonds. The first-order valence-corrected chi connectivity index (χ1v) is 15.0. The van der Waals surface area contributed by atoms with Crippen molar-refractivity contribution in [3.05, 3.63) is 54.6 Å². The second-order valence-electron chi connectivity index (χ2n) is 12.6. The van der Waals surface area contributed by atoms with Crippen LogP contribution in [0.1, 0.15) is 56.8 Å². The highest BCUT2D eigenvalue weighted by atomic mass is 16.5. The fraction of sp³-hybridized carbons (Fsp3) is 0.469. The van der Waals surface area contributed by atoms with Crippen LogP contribution in [0, 0.1) is 0 Å². The molecule has 2 aromatic heterocycles. The quantitative estimate of drug-likeness (QED) is 0.317. The molecule has 1 aromatic carbocycles. The van der Waals surface area contributed by atoms with E-state index in [1.807, 2.05) is 12.1 Å². The van der Waals surface area contributed by atoms with Gasteiger partial charge in [-0.1, -0.05) is 20.4 Å². The van der Waals surface area contributed by atoms with E-state index < -0.39 is 0 Å². The van der Waals surface area contributed by atoms with Crippen LogP contribution in [-0.4, -0.2) is 77.6 Å². The Bertz CT molecular complexity index is 1540. The molecule has 6 rings (SSSR count). The highest BCUT2D eigenvalue weighted by Gasteiger charge is 2.40. The zero-order valence-corrected chi connectivity index (χ0v) is 25.7. The van der Waals surface area contributed by atoms with Crippen molar-refractivity contribution in [3.8, 4) is 5.75 Å². The number of methoxy groups -OCH3 is 1. The van der Waals surface area contributed by atoms with Gasteiger partial charge in [0.05, 0.1) is 35.6 Å². The lowest BCUT2D eigenvalue weighted by molar-refractivity contribution is -0.111. The number of nitrogens with one attached hydrogen (secondary N) is 2. The molecule has 4 heterocycles. The summed E-state index contributed by atoms with van der Waals surface area (Å²) in [5.74, 6) is 1.85. The molecule has 3 aliphatic rings. The lowest BCUT2D eigenvalue weighted by Crippen LogP contribution is -2.38. The highest BCUT2D eigenvalue weighted by Crippen LogP contribution is 2.46. The van der Waals surface area contributed by atoms with Gasteiger partial charge in [-0.15, -0.1) is 0 Å². The van der Waals surface area contributed by atoms with E-state index in [1.165, 1.54) is 30.9 Å². The van der Waals surface area contributed by atoms with Crippen LogP contribution in [0.25, 0.3) is 0 Å². The van der Waals surface area contributed by atoms with Gasteiger partial charge >= 0.3 is 0 Å². The van der Waals surface area contributed by atoms with Gasteiger partial charge in [-0.05, 0) is 64.1 Å². The molecule has 0 unspecified atom stereocenters. The molecular formula is C32H41N9O2. The summed E-state index contributed by atoms with van der Waals surface area (Å²) in [6.45, 7) is 10.6. The van der Waals surface area contributed by atoms with E-state index in [4.69, 9.17) is 14.7 Å². The minimum absolute atomic E-state index is 0.141. The number of fused-ring (bicyclic) bond motifs is 1. The Morgan fingerprint density at radius 1 is 1.14 bits per heavy atom. The monoisotopic (exact) mass is 583 g/mol. The molecule has 43 heavy (non-hydrogen) atoms. The molecule has 1 saturated carbocycles. The topological polar surface area (TPSA) is 112 Å². The number of ether oxygens (including phenoxy) is 1. The van der Waals surface area contributed by atoms with E-state index in [0.717, 1.165) is 43.0 Å². The van der Waals surface area contributed by atoms with Gasteiger partial charge in [0.2, 0.25) is 17.8 Å². The van der Waals surface area contributed by atoms with E-state index in [2.05, 4.69) is 82.0 Å². The summed E-state index contributed by atoms with van der Waals surface area (Å²) in [6, 6.07) is 8.47. The fourth-order valence-electron chi connectivity index (χ4n) is 6.24. The van der Waals surface area contributed by atoms with E-state index in [-0.39, 0.29) is 11.3 Å². The minimum Gasteiger partial charge on any atom is -0.494 e. The molecule has 0 bridgehead atoms. The van der Waals surface area contributed by atoms with E-state index in [1.54, 1.807) is 7.11 Å². The van der Waals surface area contributed by atoms with Crippen LogP contribution in [0.4, 0.5) is 34.6 Å². The van der Waals surface area contributed by atoms with Gasteiger partial charge in [-0.2, -0.15) is 4.98 Å². The lowest BCUT2D eigenvalue weighted by atomic mass is 9.91. The smallest absolute Gasteiger partial charge is 0.247 e. The zero-order valence-electron chi connectivity index (χ0n) is 25.7. The van der Waals surface area contributed by atoms with Crippen molar-refractivity contribution in [2.75, 3.05) is 61.3 Å². The molecule has 226 valence electrons. The van der Waals surface area contributed by atoms with E-state index in [0.29, 0.717) is 47.5 Å². The standard InChI is InChI=1S/C32H41N9O2/c1-7-28(42)35-23-15-24(27(43-6)16-26(23)40-14-8-9-21(40)17-39(4)5)37-30-33-19-34-31(38-30)41-18-32(2,3)29-25(41)13-12-22(36-29)20-10-11-20/h7,12-13,15-16,19-21H,1,8-11,14,17-18H2,2-6H3,(H,35,42)(H,33,34,37,38)/t21-/m1/s1.